The third-order valence-corrected chi connectivity index (χ3v) is 4.03. The van der Waals surface area contributed by atoms with Crippen molar-refractivity contribution >= 4 is 23.4 Å². The number of hydrogen-bond donors (Lipinski definition) is 1. The lowest BCUT2D eigenvalue weighted by atomic mass is 10.2. The number of carbonyl (C=O) groups excluding carboxylic acids is 2. The van der Waals surface area contributed by atoms with Gasteiger partial charge in [-0.1, -0.05) is 18.5 Å². The summed E-state index contributed by atoms with van der Waals surface area (Å²) in [5.74, 6) is -0.750. The summed E-state index contributed by atoms with van der Waals surface area (Å²) < 4.78 is 39.0. The van der Waals surface area contributed by atoms with Crippen LogP contribution in [0, 0.1) is 0 Å². The number of rotatable bonds is 5. The zero-order chi connectivity index (χ0) is 18.8. The Morgan fingerprint density at radius 1 is 1.40 bits per heavy atom. The van der Waals surface area contributed by atoms with Crippen molar-refractivity contribution in [2.24, 2.45) is 0 Å². The molecule has 0 aromatic carbocycles. The van der Waals surface area contributed by atoms with Crippen LogP contribution >= 0.6 is 11.6 Å². The molecule has 0 bridgehead atoms. The molecular formula is C15H17ClF3N3O3. The SMILES string of the molecule is CCCN1CC(NC(=O)Cn2cc(C(F)(F)F)cc(Cl)c2=O)CC1=O. The highest BCUT2D eigenvalue weighted by molar-refractivity contribution is 6.30. The molecule has 0 radical (unpaired) electrons. The normalized spacial score (nSPS) is 17.9. The summed E-state index contributed by atoms with van der Waals surface area (Å²) in [5, 5.41) is 1.95. The highest BCUT2D eigenvalue weighted by Gasteiger charge is 2.33. The van der Waals surface area contributed by atoms with Crippen LogP contribution in [0.3, 0.4) is 0 Å². The van der Waals surface area contributed by atoms with E-state index in [0.29, 0.717) is 29.9 Å². The first-order valence-electron chi connectivity index (χ1n) is 7.66. The van der Waals surface area contributed by atoms with Gasteiger partial charge in [0.2, 0.25) is 11.8 Å². The molecule has 1 aromatic rings. The third kappa shape index (κ3) is 4.75. The van der Waals surface area contributed by atoms with Crippen LogP contribution < -0.4 is 10.9 Å². The fraction of sp³-hybridized carbons (Fsp3) is 0.533. The molecule has 2 amide bonds. The molecule has 0 saturated carbocycles. The van der Waals surface area contributed by atoms with Crippen molar-refractivity contribution in [3.05, 3.63) is 33.2 Å². The van der Waals surface area contributed by atoms with E-state index in [1.54, 1.807) is 4.90 Å². The Hall–Kier alpha value is -2.03. The molecule has 1 atom stereocenters. The molecule has 1 unspecified atom stereocenters. The molecule has 10 heteroatoms. The number of alkyl halides is 3. The number of nitrogens with zero attached hydrogens (tertiary/aromatic N) is 2. The second-order valence-corrected chi connectivity index (χ2v) is 6.22. The van der Waals surface area contributed by atoms with Gasteiger partial charge in [-0.3, -0.25) is 14.4 Å². The van der Waals surface area contributed by atoms with Gasteiger partial charge in [0.1, 0.15) is 11.6 Å². The standard InChI is InChI=1S/C15H17ClF3N3O3/c1-2-3-21-7-10(5-13(21)24)20-12(23)8-22-6-9(15(17,18)19)4-11(16)14(22)25/h4,6,10H,2-3,5,7-8H2,1H3,(H,20,23). The lowest BCUT2D eigenvalue weighted by Gasteiger charge is -2.16. The molecule has 1 saturated heterocycles. The van der Waals surface area contributed by atoms with Crippen molar-refractivity contribution in [1.82, 2.24) is 14.8 Å². The largest absolute Gasteiger partial charge is 0.417 e. The summed E-state index contributed by atoms with van der Waals surface area (Å²) in [7, 11) is 0. The van der Waals surface area contributed by atoms with E-state index in [1.165, 1.54) is 0 Å². The number of hydrogen-bond acceptors (Lipinski definition) is 3. The number of halogens is 4. The minimum Gasteiger partial charge on any atom is -0.350 e. The van der Waals surface area contributed by atoms with E-state index >= 15 is 0 Å². The second kappa shape index (κ2) is 7.47. The lowest BCUT2D eigenvalue weighted by molar-refractivity contribution is -0.138. The van der Waals surface area contributed by atoms with Crippen molar-refractivity contribution in [3.8, 4) is 0 Å². The summed E-state index contributed by atoms with van der Waals surface area (Å²) in [6, 6.07) is 0.0971. The van der Waals surface area contributed by atoms with Gasteiger partial charge in [-0.25, -0.2) is 0 Å². The number of pyridine rings is 1. The van der Waals surface area contributed by atoms with Crippen LogP contribution in [0.1, 0.15) is 25.3 Å². The summed E-state index contributed by atoms with van der Waals surface area (Å²) in [5.41, 5.74) is -2.00. The maximum Gasteiger partial charge on any atom is 0.417 e. The summed E-state index contributed by atoms with van der Waals surface area (Å²) in [6.07, 6.45) is -3.22. The number of nitrogens with one attached hydrogen (secondary N) is 1. The summed E-state index contributed by atoms with van der Waals surface area (Å²) in [6.45, 7) is 2.23. The van der Waals surface area contributed by atoms with Gasteiger partial charge in [0, 0.05) is 25.7 Å². The Balaban J connectivity index is 2.07. The van der Waals surface area contributed by atoms with Gasteiger partial charge in [-0.15, -0.1) is 0 Å². The van der Waals surface area contributed by atoms with Crippen LogP contribution in [0.2, 0.25) is 5.02 Å². The van der Waals surface area contributed by atoms with Gasteiger partial charge >= 0.3 is 6.18 Å². The zero-order valence-electron chi connectivity index (χ0n) is 13.4. The molecule has 138 valence electrons. The van der Waals surface area contributed by atoms with E-state index in [1.807, 2.05) is 6.92 Å². The molecule has 25 heavy (non-hydrogen) atoms. The Morgan fingerprint density at radius 2 is 2.08 bits per heavy atom. The van der Waals surface area contributed by atoms with Crippen LogP contribution in [0.5, 0.6) is 0 Å². The van der Waals surface area contributed by atoms with Gasteiger partial charge < -0.3 is 14.8 Å². The Kier molecular flexibility index (Phi) is 5.76. The van der Waals surface area contributed by atoms with Crippen LogP contribution in [-0.2, 0) is 22.3 Å². The molecule has 1 N–H and O–H groups in total. The molecule has 2 rings (SSSR count). The number of carbonyl (C=O) groups is 2. The lowest BCUT2D eigenvalue weighted by Crippen LogP contribution is -2.40. The highest BCUT2D eigenvalue weighted by atomic mass is 35.5. The number of amides is 2. The predicted molar refractivity (Wildman–Crippen MR) is 84.1 cm³/mol. The third-order valence-electron chi connectivity index (χ3n) is 3.76. The first kappa shape index (κ1) is 19.3. The molecule has 0 spiro atoms. The average molecular weight is 380 g/mol. The highest BCUT2D eigenvalue weighted by Crippen LogP contribution is 2.29. The van der Waals surface area contributed by atoms with Gasteiger partial charge in [0.15, 0.2) is 0 Å². The first-order chi connectivity index (χ1) is 11.6. The van der Waals surface area contributed by atoms with Crippen molar-refractivity contribution in [3.63, 3.8) is 0 Å². The minimum absolute atomic E-state index is 0.0913. The number of likely N-dealkylation sites (tertiary alicyclic amines) is 1. The fourth-order valence-corrected chi connectivity index (χ4v) is 2.88. The van der Waals surface area contributed by atoms with Crippen LogP contribution in [0.15, 0.2) is 17.1 Å². The smallest absolute Gasteiger partial charge is 0.350 e. The molecule has 1 aromatic heterocycles. The van der Waals surface area contributed by atoms with Crippen LogP contribution in [0.4, 0.5) is 13.2 Å². The first-order valence-corrected chi connectivity index (χ1v) is 8.04. The Labute approximate surface area is 146 Å². The van der Waals surface area contributed by atoms with E-state index in [-0.39, 0.29) is 12.3 Å². The Morgan fingerprint density at radius 3 is 2.68 bits per heavy atom. The van der Waals surface area contributed by atoms with Crippen molar-refractivity contribution in [1.29, 1.82) is 0 Å². The molecule has 1 aliphatic rings. The maximum atomic E-state index is 12.8. The van der Waals surface area contributed by atoms with Gasteiger partial charge in [0.25, 0.3) is 5.56 Å². The van der Waals surface area contributed by atoms with Gasteiger partial charge in [-0.2, -0.15) is 13.2 Å². The fourth-order valence-electron chi connectivity index (χ4n) is 2.65. The van der Waals surface area contributed by atoms with Gasteiger partial charge in [0.05, 0.1) is 11.6 Å². The maximum absolute atomic E-state index is 12.8. The van der Waals surface area contributed by atoms with E-state index in [4.69, 9.17) is 11.6 Å². The summed E-state index contributed by atoms with van der Waals surface area (Å²) >= 11 is 5.54. The molecule has 1 fully saturated rings. The quantitative estimate of drug-likeness (QED) is 0.845. The monoisotopic (exact) mass is 379 g/mol. The van der Waals surface area contributed by atoms with Crippen LogP contribution in [-0.4, -0.2) is 40.4 Å². The van der Waals surface area contributed by atoms with E-state index in [9.17, 15) is 27.6 Å². The predicted octanol–water partition coefficient (Wildman–Crippen LogP) is 1.65. The van der Waals surface area contributed by atoms with E-state index < -0.39 is 40.8 Å². The minimum atomic E-state index is -4.69. The zero-order valence-corrected chi connectivity index (χ0v) is 14.2. The molecule has 0 aliphatic carbocycles. The number of aromatic nitrogens is 1. The van der Waals surface area contributed by atoms with E-state index in [0.717, 1.165) is 6.42 Å². The van der Waals surface area contributed by atoms with Crippen molar-refractivity contribution in [2.45, 2.75) is 38.5 Å². The molecular weight excluding hydrogens is 363 g/mol. The second-order valence-electron chi connectivity index (χ2n) is 5.82. The average Bonchev–Trinajstić information content (AvgIpc) is 2.82. The van der Waals surface area contributed by atoms with Crippen molar-refractivity contribution in [2.75, 3.05) is 13.1 Å². The molecule has 6 nitrogen and oxygen atoms in total. The topological polar surface area (TPSA) is 71.4 Å². The van der Waals surface area contributed by atoms with E-state index in [2.05, 4.69) is 5.32 Å². The van der Waals surface area contributed by atoms with Gasteiger partial charge in [-0.05, 0) is 12.5 Å². The molecule has 2 heterocycles. The molecule has 1 aliphatic heterocycles. The van der Waals surface area contributed by atoms with Crippen molar-refractivity contribution < 1.29 is 22.8 Å². The summed E-state index contributed by atoms with van der Waals surface area (Å²) in [4.78, 5) is 37.2. The van der Waals surface area contributed by atoms with Crippen LogP contribution in [0.25, 0.3) is 0 Å². The Bertz CT molecular complexity index is 733.